The first kappa shape index (κ1) is 91.3. The van der Waals surface area contributed by atoms with E-state index >= 15 is 0 Å². The Balaban J connectivity index is 0.000000113. The molecule has 25 aromatic rings. The highest BCUT2D eigenvalue weighted by molar-refractivity contribution is 6.27. The molecule has 0 saturated carbocycles. The third kappa shape index (κ3) is 15.3. The van der Waals surface area contributed by atoms with Crippen LogP contribution in [0, 0.1) is 27.7 Å². The van der Waals surface area contributed by atoms with Gasteiger partial charge < -0.3 is 0 Å². The minimum Gasteiger partial charge on any atom is -0.0622 e. The molecule has 0 spiro atoms. The molecular weight excluding hydrogens is 1790 g/mol. The van der Waals surface area contributed by atoms with Crippen molar-refractivity contribution >= 4 is 75.4 Å². The van der Waals surface area contributed by atoms with Crippen molar-refractivity contribution in [1.82, 2.24) is 0 Å². The molecule has 0 fully saturated rings. The summed E-state index contributed by atoms with van der Waals surface area (Å²) < 4.78 is 0. The molecule has 0 aliphatic heterocycles. The van der Waals surface area contributed by atoms with Gasteiger partial charge in [-0.3, -0.25) is 0 Å². The summed E-state index contributed by atoms with van der Waals surface area (Å²) >= 11 is 0. The van der Waals surface area contributed by atoms with Crippen LogP contribution in [-0.2, 0) is 16.2 Å². The summed E-state index contributed by atoms with van der Waals surface area (Å²) in [5, 5.41) is 17.8. The highest BCUT2D eigenvalue weighted by Gasteiger charge is 2.40. The van der Waals surface area contributed by atoms with Gasteiger partial charge in [-0.1, -0.05) is 484 Å². The van der Waals surface area contributed by atoms with Gasteiger partial charge in [0.1, 0.15) is 0 Å². The minimum absolute atomic E-state index is 0.0169. The van der Waals surface area contributed by atoms with Crippen LogP contribution in [-0.4, -0.2) is 0 Å². The molecule has 3 aliphatic rings. The van der Waals surface area contributed by atoms with Crippen LogP contribution in [0.15, 0.2) is 497 Å². The Morgan fingerprint density at radius 2 is 0.356 bits per heavy atom. The van der Waals surface area contributed by atoms with Crippen molar-refractivity contribution < 1.29 is 0 Å². The Morgan fingerprint density at radius 1 is 0.121 bits per heavy atom. The Bertz CT molecular complexity index is 9690. The molecule has 0 saturated heterocycles. The van der Waals surface area contributed by atoms with Crippen LogP contribution in [0.4, 0.5) is 0 Å². The fraction of sp³-hybridized carbons (Fsp3) is 0.0872. The van der Waals surface area contributed by atoms with E-state index in [1.807, 2.05) is 0 Å². The molecule has 0 heterocycles. The molecule has 3 aliphatic carbocycles. The fourth-order valence-electron chi connectivity index (χ4n) is 25.7. The SMILES string of the molecule is CC1(C)c2ccccc2-c2cc(-c3c4ccccc4c(-c4cc5ccccc5cc4-c4ccccc4)c4ccc(-c5ccccc5)cc34)ccc21.CC1(C)c2ccccc2-c2cc(-c3c4ccccc4c(-c4ccc(-c5ccccc5)c(-c5ccccc5)c4)c4ccc(-c5ccccc5)cc34)ccc21.Cc1cc(C)c(C)c(-c2c3ccccc3c(-c3ccc4c(c3)-c3ccccc3C4(C)C)c3cc(-c4ccccc4)ccc23)c1C. The van der Waals surface area contributed by atoms with Crippen LogP contribution in [0.2, 0.25) is 0 Å². The average Bonchev–Trinajstić information content (AvgIpc) is 1.70. The van der Waals surface area contributed by atoms with Gasteiger partial charge in [0.15, 0.2) is 0 Å². The lowest BCUT2D eigenvalue weighted by Crippen LogP contribution is -2.14. The van der Waals surface area contributed by atoms with Crippen LogP contribution < -0.4 is 0 Å². The van der Waals surface area contributed by atoms with E-state index in [0.717, 1.165) is 0 Å². The number of hydrogen-bond acceptors (Lipinski definition) is 0. The molecule has 0 heteroatoms. The lowest BCUT2D eigenvalue weighted by atomic mass is 9.80. The van der Waals surface area contributed by atoms with Crippen LogP contribution >= 0.6 is 0 Å². The maximum absolute atomic E-state index is 2.46. The van der Waals surface area contributed by atoms with Crippen LogP contribution in [0.3, 0.4) is 0 Å². The maximum atomic E-state index is 2.46. The van der Waals surface area contributed by atoms with Gasteiger partial charge in [0.2, 0.25) is 0 Å². The van der Waals surface area contributed by atoms with E-state index < -0.39 is 0 Å². The van der Waals surface area contributed by atoms with E-state index in [9.17, 15) is 0 Å². The number of fused-ring (bicyclic) bond motifs is 16. The van der Waals surface area contributed by atoms with Crippen molar-refractivity contribution in [2.45, 2.75) is 85.5 Å². The van der Waals surface area contributed by atoms with Crippen LogP contribution in [0.25, 0.3) is 242 Å². The molecule has 0 bridgehead atoms. The van der Waals surface area contributed by atoms with E-state index in [1.54, 1.807) is 0 Å². The zero-order valence-corrected chi connectivity index (χ0v) is 85.8. The summed E-state index contributed by atoms with van der Waals surface area (Å²) in [5.74, 6) is 0. The van der Waals surface area contributed by atoms with Gasteiger partial charge >= 0.3 is 0 Å². The van der Waals surface area contributed by atoms with E-state index in [4.69, 9.17) is 0 Å². The van der Waals surface area contributed by atoms with Gasteiger partial charge in [0, 0.05) is 16.2 Å². The Morgan fingerprint density at radius 3 is 0.711 bits per heavy atom. The van der Waals surface area contributed by atoms with Crippen LogP contribution in [0.5, 0.6) is 0 Å². The molecule has 25 aromatic carbocycles. The van der Waals surface area contributed by atoms with Crippen molar-refractivity contribution in [3.63, 3.8) is 0 Å². The molecule has 0 aromatic heterocycles. The first-order chi connectivity index (χ1) is 72.9. The van der Waals surface area contributed by atoms with Crippen molar-refractivity contribution in [1.29, 1.82) is 0 Å². The molecule has 0 N–H and O–H groups in total. The maximum Gasteiger partial charge on any atom is 0.0158 e. The Hall–Kier alpha value is -17.7. The molecule has 0 atom stereocenters. The summed E-state index contributed by atoms with van der Waals surface area (Å²) in [6.45, 7) is 23.2. The number of hydrogen-bond donors (Lipinski definition) is 0. The monoisotopic (exact) mass is 1900 g/mol. The van der Waals surface area contributed by atoms with E-state index in [2.05, 4.69) is 567 Å². The van der Waals surface area contributed by atoms with Gasteiger partial charge in [0.25, 0.3) is 0 Å². The number of rotatable bonds is 12. The first-order valence-corrected chi connectivity index (χ1v) is 52.7. The summed E-state index contributed by atoms with van der Waals surface area (Å²) in [6.07, 6.45) is 0. The normalized spacial score (nSPS) is 13.1. The second-order valence-electron chi connectivity index (χ2n) is 42.8. The predicted octanol–water partition coefficient (Wildman–Crippen LogP) is 41.3. The minimum atomic E-state index is -0.0404. The largest absolute Gasteiger partial charge is 0.0622 e. The highest BCUT2D eigenvalue weighted by atomic mass is 14.4. The zero-order valence-electron chi connectivity index (χ0n) is 85.8. The van der Waals surface area contributed by atoms with Crippen LogP contribution in [0.1, 0.15) is 97.2 Å². The van der Waals surface area contributed by atoms with E-state index in [-0.39, 0.29) is 16.2 Å². The summed E-state index contributed by atoms with van der Waals surface area (Å²) in [6, 6.07) is 185. The fourth-order valence-corrected chi connectivity index (χ4v) is 25.7. The van der Waals surface area contributed by atoms with E-state index in [0.29, 0.717) is 0 Å². The van der Waals surface area contributed by atoms with Gasteiger partial charge in [-0.05, 0) is 380 Å². The van der Waals surface area contributed by atoms with Crippen molar-refractivity contribution in [3.05, 3.63) is 553 Å². The number of aryl methyl sites for hydroxylation is 2. The highest BCUT2D eigenvalue weighted by Crippen LogP contribution is 2.59. The third-order valence-electron chi connectivity index (χ3n) is 33.3. The standard InChI is InChI=1S/C53H38.C51H36.C45H38/c1-53(2)49-25-15-14-22-42(49)47-34-40(28-31-50(47)53)52-44-24-13-12-23-43(44)51(45-30-26-38(32-48(45)52)35-16-6-3-7-17-35)39-27-29-41(36-18-8-4-9-19-36)46(33-39)37-20-10-5-11-21-37;1-51(2)47-24-14-13-21-39(47)44-32-38(26-28-48(44)51)49-40-22-11-12-23-41(40)50(42-27-25-37(31-45(42)49)33-15-5-3-6-16-33)46-30-36-20-10-9-19-35(36)29-43(46)34-17-7-4-8-18-34;1-27-24-28(2)30(4)42(29(27)3)44-36-18-11-10-17-35(36)43(39-25-32(20-22-37(39)44)31-14-8-7-9-15-31)33-21-23-41-38(26-33)34-16-12-13-19-40(34)45(41,5)6/h3-34H,1-2H3;3-32H,1-2H3;7-26H,1-6H3. The molecule has 0 unspecified atom stereocenters. The molecule has 149 heavy (non-hydrogen) atoms. The van der Waals surface area contributed by atoms with Crippen molar-refractivity contribution in [3.8, 4) is 167 Å². The lowest BCUT2D eigenvalue weighted by Gasteiger charge is -2.23. The lowest BCUT2D eigenvalue weighted by molar-refractivity contribution is 0.660. The molecule has 0 nitrogen and oxygen atoms in total. The number of benzene rings is 25. The smallest absolute Gasteiger partial charge is 0.0158 e. The predicted molar refractivity (Wildman–Crippen MR) is 639 cm³/mol. The first-order valence-electron chi connectivity index (χ1n) is 52.7. The molecule has 0 radical (unpaired) electrons. The zero-order chi connectivity index (χ0) is 101. The quantitative estimate of drug-likeness (QED) is 0.107. The Kier molecular flexibility index (Phi) is 22.4. The van der Waals surface area contributed by atoms with Gasteiger partial charge in [-0.25, -0.2) is 0 Å². The molecular formula is C149H112. The Labute approximate surface area is 874 Å². The van der Waals surface area contributed by atoms with Crippen molar-refractivity contribution in [2.75, 3.05) is 0 Å². The summed E-state index contributed by atoms with van der Waals surface area (Å²) in [4.78, 5) is 0. The second-order valence-corrected chi connectivity index (χ2v) is 42.8. The van der Waals surface area contributed by atoms with E-state index in [1.165, 1.54) is 298 Å². The molecule has 0 amide bonds. The molecule has 708 valence electrons. The van der Waals surface area contributed by atoms with Gasteiger partial charge in [-0.2, -0.15) is 0 Å². The van der Waals surface area contributed by atoms with Crippen molar-refractivity contribution in [2.24, 2.45) is 0 Å². The second kappa shape index (κ2) is 36.5. The van der Waals surface area contributed by atoms with Gasteiger partial charge in [0.05, 0.1) is 0 Å². The average molecular weight is 1900 g/mol. The molecule has 28 rings (SSSR count). The topological polar surface area (TPSA) is 0 Å². The summed E-state index contributed by atoms with van der Waals surface area (Å²) in [5.41, 5.74) is 51.9. The summed E-state index contributed by atoms with van der Waals surface area (Å²) in [7, 11) is 0. The third-order valence-corrected chi connectivity index (χ3v) is 33.3. The van der Waals surface area contributed by atoms with Gasteiger partial charge in [-0.15, -0.1) is 0 Å².